The smallest absolute Gasteiger partial charge is 0.356 e. The molecule has 0 saturated carbocycles. The van der Waals surface area contributed by atoms with Crippen LogP contribution >= 0.6 is 11.6 Å². The molecule has 0 unspecified atom stereocenters. The Morgan fingerprint density at radius 1 is 1.42 bits per heavy atom. The molecular weight excluding hydrogens is 354 g/mol. The maximum absolute atomic E-state index is 12.9. The van der Waals surface area contributed by atoms with Crippen LogP contribution in [-0.2, 0) is 9.53 Å². The van der Waals surface area contributed by atoms with E-state index in [1.165, 1.54) is 13.5 Å². The molecule has 1 amide bonds. The number of likely N-dealkylation sites (tertiary alicyclic amines) is 1. The Labute approximate surface area is 157 Å². The molecule has 1 aliphatic heterocycles. The molecule has 6 nitrogen and oxygen atoms in total. The number of anilines is 1. The number of hydrogen-bond acceptors (Lipinski definition) is 4. The summed E-state index contributed by atoms with van der Waals surface area (Å²) in [4.78, 5) is 30.2. The van der Waals surface area contributed by atoms with Crippen LogP contribution in [0.5, 0.6) is 0 Å². The number of piperidine rings is 1. The SMILES string of the molecule is COC(=O)c1[nH]c2ccc(Cl)cc2c1NC(=O)[C@@H](C)N1CCC[C@H](C)C1. The van der Waals surface area contributed by atoms with Crippen molar-refractivity contribution in [2.45, 2.75) is 32.7 Å². The fraction of sp³-hybridized carbons (Fsp3) is 0.474. The maximum atomic E-state index is 12.9. The van der Waals surface area contributed by atoms with E-state index in [2.05, 4.69) is 22.1 Å². The van der Waals surface area contributed by atoms with Gasteiger partial charge in [-0.2, -0.15) is 0 Å². The Bertz CT molecular complexity index is 833. The fourth-order valence-electron chi connectivity index (χ4n) is 3.52. The van der Waals surface area contributed by atoms with Crippen molar-refractivity contribution in [1.82, 2.24) is 9.88 Å². The van der Waals surface area contributed by atoms with Gasteiger partial charge >= 0.3 is 5.97 Å². The number of methoxy groups -OCH3 is 1. The molecule has 2 atom stereocenters. The molecule has 1 aromatic carbocycles. The highest BCUT2D eigenvalue weighted by Gasteiger charge is 2.28. The van der Waals surface area contributed by atoms with E-state index in [4.69, 9.17) is 16.3 Å². The van der Waals surface area contributed by atoms with Crippen molar-refractivity contribution in [3.63, 3.8) is 0 Å². The molecule has 0 bridgehead atoms. The van der Waals surface area contributed by atoms with Crippen LogP contribution in [0.25, 0.3) is 10.9 Å². The zero-order chi connectivity index (χ0) is 18.8. The number of fused-ring (bicyclic) bond motifs is 1. The molecule has 1 saturated heterocycles. The highest BCUT2D eigenvalue weighted by Crippen LogP contribution is 2.31. The molecule has 140 valence electrons. The van der Waals surface area contributed by atoms with Gasteiger partial charge in [-0.25, -0.2) is 4.79 Å². The largest absolute Gasteiger partial charge is 0.464 e. The lowest BCUT2D eigenvalue weighted by molar-refractivity contribution is -0.121. The van der Waals surface area contributed by atoms with Crippen molar-refractivity contribution < 1.29 is 14.3 Å². The Hall–Kier alpha value is -2.05. The lowest BCUT2D eigenvalue weighted by atomic mass is 9.99. The number of ether oxygens (including phenoxy) is 1. The van der Waals surface area contributed by atoms with E-state index in [1.54, 1.807) is 18.2 Å². The first kappa shape index (κ1) is 18.7. The number of nitrogens with zero attached hydrogens (tertiary/aromatic N) is 1. The molecule has 1 fully saturated rings. The van der Waals surface area contributed by atoms with Gasteiger partial charge in [-0.1, -0.05) is 18.5 Å². The number of aromatic nitrogens is 1. The first-order valence-electron chi connectivity index (χ1n) is 8.85. The van der Waals surface area contributed by atoms with Crippen LogP contribution in [0, 0.1) is 5.92 Å². The molecule has 2 N–H and O–H groups in total. The van der Waals surface area contributed by atoms with Crippen LogP contribution in [0.15, 0.2) is 18.2 Å². The third kappa shape index (κ3) is 3.71. The molecule has 2 heterocycles. The number of esters is 1. The summed E-state index contributed by atoms with van der Waals surface area (Å²) < 4.78 is 4.84. The molecule has 7 heteroatoms. The van der Waals surface area contributed by atoms with E-state index in [0.717, 1.165) is 19.5 Å². The van der Waals surface area contributed by atoms with Crippen molar-refractivity contribution in [3.05, 3.63) is 28.9 Å². The zero-order valence-corrected chi connectivity index (χ0v) is 16.0. The number of H-pyrrole nitrogens is 1. The normalized spacial score (nSPS) is 19.3. The van der Waals surface area contributed by atoms with Crippen LogP contribution < -0.4 is 5.32 Å². The van der Waals surface area contributed by atoms with Gasteiger partial charge in [0.25, 0.3) is 0 Å². The zero-order valence-electron chi connectivity index (χ0n) is 15.3. The molecular formula is C19H24ClN3O3. The first-order chi connectivity index (χ1) is 12.4. The predicted molar refractivity (Wildman–Crippen MR) is 103 cm³/mol. The number of aromatic amines is 1. The molecule has 26 heavy (non-hydrogen) atoms. The van der Waals surface area contributed by atoms with Gasteiger partial charge in [0.1, 0.15) is 5.69 Å². The lowest BCUT2D eigenvalue weighted by Gasteiger charge is -2.34. The summed E-state index contributed by atoms with van der Waals surface area (Å²) in [6.45, 7) is 5.90. The third-order valence-electron chi connectivity index (χ3n) is 5.01. The number of benzene rings is 1. The number of halogens is 1. The second-order valence-electron chi connectivity index (χ2n) is 6.96. The summed E-state index contributed by atoms with van der Waals surface area (Å²) in [7, 11) is 1.31. The van der Waals surface area contributed by atoms with Crippen molar-refractivity contribution in [2.24, 2.45) is 5.92 Å². The Kier molecular flexibility index (Phi) is 5.53. The van der Waals surface area contributed by atoms with E-state index in [1.807, 2.05) is 6.92 Å². The minimum absolute atomic E-state index is 0.148. The number of nitrogens with one attached hydrogen (secondary N) is 2. The minimum atomic E-state index is -0.535. The molecule has 0 aliphatic carbocycles. The van der Waals surface area contributed by atoms with Gasteiger partial charge in [0.15, 0.2) is 0 Å². The van der Waals surface area contributed by atoms with Gasteiger partial charge in [-0.05, 0) is 50.4 Å². The van der Waals surface area contributed by atoms with Crippen LogP contribution in [0.3, 0.4) is 0 Å². The standard InChI is InChI=1S/C19H24ClN3O3/c1-11-5-4-8-23(10-11)12(2)18(24)22-16-14-9-13(20)6-7-15(14)21-17(16)19(25)26-3/h6-7,9,11-12,21H,4-5,8,10H2,1-3H3,(H,22,24)/t11-,12+/m0/s1. The summed E-state index contributed by atoms with van der Waals surface area (Å²) in [6, 6.07) is 4.94. The Balaban J connectivity index is 1.90. The number of carbonyl (C=O) groups excluding carboxylic acids is 2. The quantitative estimate of drug-likeness (QED) is 0.797. The minimum Gasteiger partial charge on any atom is -0.464 e. The summed E-state index contributed by atoms with van der Waals surface area (Å²) in [5.74, 6) is -0.103. The van der Waals surface area contributed by atoms with Crippen LogP contribution in [0.2, 0.25) is 5.02 Å². The molecule has 1 aromatic heterocycles. The van der Waals surface area contributed by atoms with E-state index in [-0.39, 0.29) is 17.6 Å². The number of amides is 1. The second kappa shape index (κ2) is 7.68. The van der Waals surface area contributed by atoms with E-state index >= 15 is 0 Å². The van der Waals surface area contributed by atoms with Crippen LogP contribution in [0.1, 0.15) is 37.2 Å². The second-order valence-corrected chi connectivity index (χ2v) is 7.40. The number of rotatable bonds is 4. The summed E-state index contributed by atoms with van der Waals surface area (Å²) in [6.07, 6.45) is 2.28. The highest BCUT2D eigenvalue weighted by atomic mass is 35.5. The predicted octanol–water partition coefficient (Wildman–Crippen LogP) is 3.67. The van der Waals surface area contributed by atoms with Gasteiger partial charge in [0.2, 0.25) is 5.91 Å². The highest BCUT2D eigenvalue weighted by molar-refractivity contribution is 6.31. The van der Waals surface area contributed by atoms with E-state index in [0.29, 0.717) is 27.5 Å². The molecule has 1 aliphatic rings. The summed E-state index contributed by atoms with van der Waals surface area (Å²) in [5.41, 5.74) is 1.35. The lowest BCUT2D eigenvalue weighted by Crippen LogP contribution is -2.46. The molecule has 0 radical (unpaired) electrons. The van der Waals surface area contributed by atoms with Gasteiger partial charge < -0.3 is 15.0 Å². The van der Waals surface area contributed by atoms with Gasteiger partial charge in [0, 0.05) is 22.5 Å². The maximum Gasteiger partial charge on any atom is 0.356 e. The van der Waals surface area contributed by atoms with Crippen LogP contribution in [-0.4, -0.2) is 48.0 Å². The topological polar surface area (TPSA) is 74.4 Å². The number of hydrogen-bond donors (Lipinski definition) is 2. The van der Waals surface area contributed by atoms with Crippen molar-refractivity contribution in [2.75, 3.05) is 25.5 Å². The Morgan fingerprint density at radius 2 is 2.19 bits per heavy atom. The van der Waals surface area contributed by atoms with Gasteiger partial charge in [-0.15, -0.1) is 0 Å². The Morgan fingerprint density at radius 3 is 2.88 bits per heavy atom. The third-order valence-corrected chi connectivity index (χ3v) is 5.25. The van der Waals surface area contributed by atoms with Gasteiger partial charge in [0.05, 0.1) is 18.8 Å². The number of carbonyl (C=O) groups is 2. The summed E-state index contributed by atoms with van der Waals surface area (Å²) >= 11 is 6.10. The molecule has 0 spiro atoms. The van der Waals surface area contributed by atoms with Crippen molar-refractivity contribution in [3.8, 4) is 0 Å². The van der Waals surface area contributed by atoms with Crippen molar-refractivity contribution in [1.29, 1.82) is 0 Å². The average Bonchev–Trinajstić information content (AvgIpc) is 2.98. The van der Waals surface area contributed by atoms with Gasteiger partial charge in [-0.3, -0.25) is 9.69 Å². The molecule has 2 aromatic rings. The first-order valence-corrected chi connectivity index (χ1v) is 9.23. The van der Waals surface area contributed by atoms with Crippen LogP contribution in [0.4, 0.5) is 5.69 Å². The van der Waals surface area contributed by atoms with Crippen molar-refractivity contribution >= 4 is 40.1 Å². The van der Waals surface area contributed by atoms with E-state index < -0.39 is 5.97 Å². The van der Waals surface area contributed by atoms with E-state index in [9.17, 15) is 9.59 Å². The summed E-state index contributed by atoms with van der Waals surface area (Å²) in [5, 5.41) is 4.13. The molecule has 3 rings (SSSR count). The fourth-order valence-corrected chi connectivity index (χ4v) is 3.69. The average molecular weight is 378 g/mol. The monoisotopic (exact) mass is 377 g/mol.